The number of imidazole rings is 1. The van der Waals surface area contributed by atoms with Crippen LogP contribution in [0.4, 0.5) is 13.2 Å². The number of aliphatic hydroxyl groups excluding tert-OH is 1. The van der Waals surface area contributed by atoms with E-state index in [0.717, 1.165) is 43.0 Å². The summed E-state index contributed by atoms with van der Waals surface area (Å²) in [4.78, 5) is 7.88. The quantitative estimate of drug-likeness (QED) is 0.415. The Hall–Kier alpha value is -2.86. The van der Waals surface area contributed by atoms with Crippen molar-refractivity contribution in [2.24, 2.45) is 0 Å². The molecule has 1 fully saturated rings. The average Bonchev–Trinajstić information content (AvgIpc) is 3.24. The van der Waals surface area contributed by atoms with Gasteiger partial charge in [-0.25, -0.2) is 4.98 Å². The lowest BCUT2D eigenvalue weighted by Crippen LogP contribution is -2.38. The van der Waals surface area contributed by atoms with Crippen molar-refractivity contribution in [2.45, 2.75) is 25.4 Å². The van der Waals surface area contributed by atoms with Gasteiger partial charge in [-0.3, -0.25) is 9.80 Å². The van der Waals surface area contributed by atoms with Crippen LogP contribution in [0.2, 0.25) is 0 Å². The van der Waals surface area contributed by atoms with Gasteiger partial charge in [0.1, 0.15) is 6.61 Å². The van der Waals surface area contributed by atoms with Gasteiger partial charge in [0.25, 0.3) is 0 Å². The Morgan fingerprint density at radius 1 is 1.14 bits per heavy atom. The fourth-order valence-corrected chi connectivity index (χ4v) is 4.52. The lowest BCUT2D eigenvalue weighted by molar-refractivity contribution is -0.147. The molecule has 2 heterocycles. The molecule has 1 aliphatic heterocycles. The van der Waals surface area contributed by atoms with Crippen LogP contribution in [0.3, 0.4) is 0 Å². The molecule has 11 heteroatoms. The number of halogens is 3. The first-order chi connectivity index (χ1) is 17.7. The van der Waals surface area contributed by atoms with E-state index in [1.807, 2.05) is 23.1 Å². The average molecular weight is 523 g/mol. The summed E-state index contributed by atoms with van der Waals surface area (Å²) in [5.74, 6) is 0.242. The molecular weight excluding hydrogens is 489 g/mol. The van der Waals surface area contributed by atoms with Crippen molar-refractivity contribution in [3.05, 3.63) is 53.9 Å². The van der Waals surface area contributed by atoms with Crippen molar-refractivity contribution >= 4 is 11.0 Å². The number of nitrogens with zero attached hydrogens (tertiary/aromatic N) is 4. The first-order valence-electron chi connectivity index (χ1n) is 12.2. The first-order valence-corrected chi connectivity index (χ1v) is 12.2. The van der Waals surface area contributed by atoms with Crippen LogP contribution >= 0.6 is 0 Å². The van der Waals surface area contributed by atoms with Gasteiger partial charge in [-0.1, -0.05) is 18.2 Å². The van der Waals surface area contributed by atoms with Crippen molar-refractivity contribution in [3.63, 3.8) is 0 Å². The molecule has 0 radical (unpaired) electrons. The molecule has 4 rings (SSSR count). The number of hydrogen-bond acceptors (Lipinski definition) is 7. The van der Waals surface area contributed by atoms with Crippen molar-refractivity contribution in [1.29, 1.82) is 0 Å². The van der Waals surface area contributed by atoms with Crippen molar-refractivity contribution in [1.82, 2.24) is 19.4 Å². The van der Waals surface area contributed by atoms with Gasteiger partial charge in [0.2, 0.25) is 5.82 Å². The molecule has 1 aromatic heterocycles. The summed E-state index contributed by atoms with van der Waals surface area (Å²) in [5.41, 5.74) is 1.51. The third kappa shape index (κ3) is 7.13. The van der Waals surface area contributed by atoms with Crippen LogP contribution < -0.4 is 9.47 Å². The Kier molecular flexibility index (Phi) is 8.91. The van der Waals surface area contributed by atoms with E-state index in [0.29, 0.717) is 30.2 Å². The molecule has 0 spiro atoms. The monoisotopic (exact) mass is 522 g/mol. The van der Waals surface area contributed by atoms with E-state index in [2.05, 4.69) is 9.88 Å². The maximum absolute atomic E-state index is 13.6. The lowest BCUT2D eigenvalue weighted by atomic mass is 10.2. The second-order valence-electron chi connectivity index (χ2n) is 9.17. The van der Waals surface area contributed by atoms with Gasteiger partial charge >= 0.3 is 6.18 Å². The van der Waals surface area contributed by atoms with Gasteiger partial charge in [-0.2, -0.15) is 13.2 Å². The van der Waals surface area contributed by atoms with Crippen LogP contribution in [0, 0.1) is 0 Å². The molecule has 8 nitrogen and oxygen atoms in total. The molecule has 0 bridgehead atoms. The molecule has 1 N–H and O–H groups in total. The van der Waals surface area contributed by atoms with Crippen molar-refractivity contribution in [3.8, 4) is 11.5 Å². The number of ether oxygens (including phenoxy) is 3. The molecule has 1 atom stereocenters. The molecule has 1 aliphatic rings. The van der Waals surface area contributed by atoms with Gasteiger partial charge in [0.05, 0.1) is 44.0 Å². The zero-order chi connectivity index (χ0) is 26.4. The predicted molar refractivity (Wildman–Crippen MR) is 133 cm³/mol. The van der Waals surface area contributed by atoms with Crippen LogP contribution in [0.5, 0.6) is 11.5 Å². The molecule has 0 saturated carbocycles. The molecule has 0 amide bonds. The summed E-state index contributed by atoms with van der Waals surface area (Å²) in [6.45, 7) is 5.02. The summed E-state index contributed by atoms with van der Waals surface area (Å²) in [7, 11) is 3.38. The standard InChI is InChI=1S/C26H33F3N4O4/c1-31(17-20(34)18-33-22-6-4-3-5-21(22)30-25(33)26(27,28)29)16-19-7-8-23(24(15-19)35-2)37-14-11-32-9-12-36-13-10-32/h3-8,15,20,34H,9-14,16-18H2,1-2H3. The number of alkyl halides is 3. The van der Waals surface area contributed by atoms with E-state index in [1.165, 1.54) is 6.07 Å². The maximum atomic E-state index is 13.6. The number of rotatable bonds is 11. The number of methoxy groups -OCH3 is 1. The van der Waals surface area contributed by atoms with E-state index >= 15 is 0 Å². The maximum Gasteiger partial charge on any atom is 0.449 e. The summed E-state index contributed by atoms with van der Waals surface area (Å²) < 4.78 is 58.5. The van der Waals surface area contributed by atoms with Crippen LogP contribution in [0.15, 0.2) is 42.5 Å². The molecule has 1 saturated heterocycles. The number of morpholine rings is 1. The molecule has 202 valence electrons. The second kappa shape index (κ2) is 12.1. The number of benzene rings is 2. The summed E-state index contributed by atoms with van der Waals surface area (Å²) in [6.07, 6.45) is -5.65. The Morgan fingerprint density at radius 3 is 2.62 bits per heavy atom. The minimum Gasteiger partial charge on any atom is -0.493 e. The van der Waals surface area contributed by atoms with Crippen LogP contribution in [0.1, 0.15) is 11.4 Å². The third-order valence-electron chi connectivity index (χ3n) is 6.27. The number of hydrogen-bond donors (Lipinski definition) is 1. The summed E-state index contributed by atoms with van der Waals surface area (Å²) >= 11 is 0. The zero-order valence-electron chi connectivity index (χ0n) is 21.1. The SMILES string of the molecule is COc1cc(CN(C)CC(O)Cn2c(C(F)(F)F)nc3ccccc32)ccc1OCCN1CCOCC1. The minimum atomic E-state index is -4.62. The summed E-state index contributed by atoms with van der Waals surface area (Å²) in [6, 6.07) is 12.0. The molecule has 3 aromatic rings. The van der Waals surface area contributed by atoms with E-state index < -0.39 is 18.1 Å². The topological polar surface area (TPSA) is 72.2 Å². The van der Waals surface area contributed by atoms with E-state index in [9.17, 15) is 18.3 Å². The molecule has 1 unspecified atom stereocenters. The lowest BCUT2D eigenvalue weighted by Gasteiger charge is -2.26. The number of aliphatic hydroxyl groups is 1. The Labute approximate surface area is 214 Å². The highest BCUT2D eigenvalue weighted by molar-refractivity contribution is 5.76. The molecular formula is C26H33F3N4O4. The molecule has 2 aromatic carbocycles. The minimum absolute atomic E-state index is 0.171. The normalized spacial score (nSPS) is 15.9. The van der Waals surface area contributed by atoms with Crippen LogP contribution in [-0.4, -0.2) is 90.7 Å². The van der Waals surface area contributed by atoms with Gasteiger partial charge in [-0.05, 0) is 36.9 Å². The Morgan fingerprint density at radius 2 is 1.89 bits per heavy atom. The highest BCUT2D eigenvalue weighted by atomic mass is 19.4. The molecule has 0 aliphatic carbocycles. The number of para-hydroxylation sites is 2. The van der Waals surface area contributed by atoms with Gasteiger partial charge in [-0.15, -0.1) is 0 Å². The fraction of sp³-hybridized carbons (Fsp3) is 0.500. The largest absolute Gasteiger partial charge is 0.493 e. The van der Waals surface area contributed by atoms with Gasteiger partial charge in [0.15, 0.2) is 11.5 Å². The Bertz CT molecular complexity index is 1160. The van der Waals surface area contributed by atoms with Gasteiger partial charge in [0, 0.05) is 32.7 Å². The van der Waals surface area contributed by atoms with E-state index in [1.54, 1.807) is 32.4 Å². The van der Waals surface area contributed by atoms with Crippen LogP contribution in [0.25, 0.3) is 11.0 Å². The fourth-order valence-electron chi connectivity index (χ4n) is 4.52. The van der Waals surface area contributed by atoms with E-state index in [4.69, 9.17) is 14.2 Å². The number of aromatic nitrogens is 2. The third-order valence-corrected chi connectivity index (χ3v) is 6.27. The highest BCUT2D eigenvalue weighted by Gasteiger charge is 2.38. The number of fused-ring (bicyclic) bond motifs is 1. The smallest absolute Gasteiger partial charge is 0.449 e. The molecule has 37 heavy (non-hydrogen) atoms. The van der Waals surface area contributed by atoms with Crippen molar-refractivity contribution < 1.29 is 32.5 Å². The van der Waals surface area contributed by atoms with E-state index in [-0.39, 0.29) is 18.6 Å². The first kappa shape index (κ1) is 27.2. The van der Waals surface area contributed by atoms with Gasteiger partial charge < -0.3 is 23.9 Å². The summed E-state index contributed by atoms with van der Waals surface area (Å²) in [5, 5.41) is 10.7. The Balaban J connectivity index is 1.34. The number of likely N-dealkylation sites (N-methyl/N-ethyl adjacent to an activating group) is 1. The van der Waals surface area contributed by atoms with Crippen molar-refractivity contribution in [2.75, 3.05) is 60.2 Å². The predicted octanol–water partition coefficient (Wildman–Crippen LogP) is 3.27. The van der Waals surface area contributed by atoms with Crippen LogP contribution in [-0.2, 0) is 24.0 Å². The zero-order valence-corrected chi connectivity index (χ0v) is 21.1. The second-order valence-corrected chi connectivity index (χ2v) is 9.17. The highest BCUT2D eigenvalue weighted by Crippen LogP contribution is 2.32.